The predicted octanol–water partition coefficient (Wildman–Crippen LogP) is 2.95. The molecule has 9 nitrogen and oxygen atoms in total. The first-order valence-corrected chi connectivity index (χ1v) is 12.8. The fourth-order valence-electron chi connectivity index (χ4n) is 4.51. The fraction of sp³-hybridized carbons (Fsp3) is 0.429. The van der Waals surface area contributed by atoms with Crippen LogP contribution in [0.15, 0.2) is 42.6 Å². The van der Waals surface area contributed by atoms with Crippen LogP contribution >= 0.6 is 0 Å². The summed E-state index contributed by atoms with van der Waals surface area (Å²) in [6.07, 6.45) is 2.52. The molecule has 9 heteroatoms. The van der Waals surface area contributed by atoms with Crippen molar-refractivity contribution in [2.75, 3.05) is 51.7 Å². The Bertz CT molecular complexity index is 1250. The maximum atomic E-state index is 13.1. The number of aryl methyl sites for hydroxylation is 1. The molecule has 0 unspecified atom stereocenters. The number of fused-ring (bicyclic) bond motifs is 1. The van der Waals surface area contributed by atoms with Gasteiger partial charge in [-0.25, -0.2) is 9.97 Å². The number of methoxy groups -OCH3 is 1. The molecule has 2 heterocycles. The van der Waals surface area contributed by atoms with Crippen LogP contribution in [0.2, 0.25) is 0 Å². The van der Waals surface area contributed by atoms with E-state index in [0.717, 1.165) is 71.9 Å². The first-order chi connectivity index (χ1) is 17.8. The molecule has 1 aromatic heterocycles. The van der Waals surface area contributed by atoms with Gasteiger partial charge in [-0.2, -0.15) is 0 Å². The number of carbonyl (C=O) groups is 2. The van der Waals surface area contributed by atoms with Gasteiger partial charge in [0.05, 0.1) is 25.9 Å². The van der Waals surface area contributed by atoms with E-state index in [4.69, 9.17) is 4.74 Å². The molecule has 0 aliphatic carbocycles. The Kier molecular flexibility index (Phi) is 8.68. The van der Waals surface area contributed by atoms with Gasteiger partial charge in [0.15, 0.2) is 0 Å². The van der Waals surface area contributed by atoms with Gasteiger partial charge in [0.2, 0.25) is 11.8 Å². The predicted molar refractivity (Wildman–Crippen MR) is 146 cm³/mol. The highest BCUT2D eigenvalue weighted by Gasteiger charge is 2.21. The van der Waals surface area contributed by atoms with E-state index < -0.39 is 0 Å². The van der Waals surface area contributed by atoms with Crippen molar-refractivity contribution in [1.82, 2.24) is 25.1 Å². The normalized spacial score (nSPS) is 14.6. The van der Waals surface area contributed by atoms with Gasteiger partial charge in [0.1, 0.15) is 11.6 Å². The Hall–Kier alpha value is -3.56. The van der Waals surface area contributed by atoms with E-state index in [1.54, 1.807) is 13.3 Å². The zero-order valence-electron chi connectivity index (χ0n) is 22.1. The summed E-state index contributed by atoms with van der Waals surface area (Å²) in [5.74, 6) is 1.46. The molecule has 0 atom stereocenters. The molecule has 1 fully saturated rings. The molecule has 196 valence electrons. The molecule has 2 aromatic carbocycles. The van der Waals surface area contributed by atoms with Crippen molar-refractivity contribution in [2.24, 2.45) is 0 Å². The van der Waals surface area contributed by atoms with Gasteiger partial charge in [0.25, 0.3) is 0 Å². The summed E-state index contributed by atoms with van der Waals surface area (Å²) in [5, 5.41) is 7.95. The molecular weight excluding hydrogens is 468 g/mol. The van der Waals surface area contributed by atoms with Gasteiger partial charge in [-0.3, -0.25) is 19.4 Å². The van der Waals surface area contributed by atoms with E-state index in [2.05, 4.69) is 36.5 Å². The molecule has 2 N–H and O–H groups in total. The van der Waals surface area contributed by atoms with Gasteiger partial charge >= 0.3 is 0 Å². The summed E-state index contributed by atoms with van der Waals surface area (Å²) in [6.45, 7) is 9.59. The maximum Gasteiger partial charge on any atom is 0.238 e. The second kappa shape index (κ2) is 12.1. The van der Waals surface area contributed by atoms with Crippen molar-refractivity contribution in [3.8, 4) is 17.0 Å². The number of rotatable bonds is 9. The summed E-state index contributed by atoms with van der Waals surface area (Å²) < 4.78 is 5.43. The van der Waals surface area contributed by atoms with E-state index in [0.29, 0.717) is 6.54 Å². The molecule has 1 aliphatic heterocycles. The Labute approximate surface area is 218 Å². The highest BCUT2D eigenvalue weighted by molar-refractivity contribution is 6.05. The Morgan fingerprint density at radius 3 is 2.35 bits per heavy atom. The van der Waals surface area contributed by atoms with Crippen molar-refractivity contribution in [3.05, 3.63) is 48.4 Å². The Balaban J connectivity index is 1.47. The van der Waals surface area contributed by atoms with E-state index in [1.807, 2.05) is 51.1 Å². The first kappa shape index (κ1) is 26.5. The number of piperazine rings is 1. The summed E-state index contributed by atoms with van der Waals surface area (Å²) in [4.78, 5) is 38.4. The molecule has 0 bridgehead atoms. The molecule has 3 aromatic rings. The zero-order chi connectivity index (χ0) is 26.4. The Morgan fingerprint density at radius 1 is 1.00 bits per heavy atom. The van der Waals surface area contributed by atoms with Crippen LogP contribution in [0.25, 0.3) is 22.0 Å². The number of hydrogen-bond donors (Lipinski definition) is 2. The van der Waals surface area contributed by atoms with Crippen LogP contribution in [0.4, 0.5) is 5.69 Å². The quantitative estimate of drug-likeness (QED) is 0.462. The van der Waals surface area contributed by atoms with Crippen molar-refractivity contribution in [3.63, 3.8) is 0 Å². The van der Waals surface area contributed by atoms with Crippen molar-refractivity contribution >= 4 is 28.3 Å². The number of amides is 2. The third-order valence-corrected chi connectivity index (χ3v) is 6.40. The molecule has 37 heavy (non-hydrogen) atoms. The maximum absolute atomic E-state index is 13.1. The van der Waals surface area contributed by atoms with Crippen molar-refractivity contribution < 1.29 is 14.3 Å². The largest absolute Gasteiger partial charge is 0.497 e. The van der Waals surface area contributed by atoms with Crippen molar-refractivity contribution in [1.29, 1.82) is 0 Å². The van der Waals surface area contributed by atoms with E-state index in [9.17, 15) is 9.59 Å². The lowest BCUT2D eigenvalue weighted by atomic mass is 10.0. The molecular formula is C28H36N6O3. The average Bonchev–Trinajstić information content (AvgIpc) is 2.89. The summed E-state index contributed by atoms with van der Waals surface area (Å²) in [7, 11) is 1.63. The zero-order valence-corrected chi connectivity index (χ0v) is 22.1. The highest BCUT2D eigenvalue weighted by Crippen LogP contribution is 2.33. The minimum atomic E-state index is -0.0794. The smallest absolute Gasteiger partial charge is 0.238 e. The lowest BCUT2D eigenvalue weighted by Gasteiger charge is -2.34. The topological polar surface area (TPSA) is 99.7 Å². The summed E-state index contributed by atoms with van der Waals surface area (Å²) in [5.41, 5.74) is 2.45. The summed E-state index contributed by atoms with van der Waals surface area (Å²) >= 11 is 0. The van der Waals surface area contributed by atoms with Crippen LogP contribution < -0.4 is 15.4 Å². The highest BCUT2D eigenvalue weighted by atomic mass is 16.5. The number of hydrogen-bond acceptors (Lipinski definition) is 7. The molecule has 2 amide bonds. The van der Waals surface area contributed by atoms with E-state index >= 15 is 0 Å². The third kappa shape index (κ3) is 7.02. The number of ether oxygens (including phenoxy) is 1. The summed E-state index contributed by atoms with van der Waals surface area (Å²) in [6, 6.07) is 11.9. The molecule has 0 saturated carbocycles. The second-order valence-electron chi connectivity index (χ2n) is 9.65. The van der Waals surface area contributed by atoms with Crippen LogP contribution in [0.5, 0.6) is 5.75 Å². The SMILES string of the molecule is CCc1nccc(-c2cc(NC(=O)CN3CCN(CC(=O)NC(C)C)CC3)c3cc(OC)ccc3c2)n1. The molecule has 4 rings (SSSR count). The monoisotopic (exact) mass is 504 g/mol. The standard InChI is InChI=1S/C28H36N6O3/c1-5-26-29-9-8-24(31-26)21-14-20-6-7-22(37-4)16-23(20)25(15-21)32-28(36)18-34-12-10-33(11-13-34)17-27(35)30-19(2)3/h6-9,14-16,19H,5,10-13,17-18H2,1-4H3,(H,30,35)(H,32,36). The number of nitrogens with zero attached hydrogens (tertiary/aromatic N) is 4. The minimum absolute atomic E-state index is 0.0399. The van der Waals surface area contributed by atoms with Crippen molar-refractivity contribution in [2.45, 2.75) is 33.2 Å². The molecule has 1 saturated heterocycles. The van der Waals surface area contributed by atoms with Gasteiger partial charge in [-0.15, -0.1) is 0 Å². The number of anilines is 1. The van der Waals surface area contributed by atoms with Crippen LogP contribution in [-0.2, 0) is 16.0 Å². The lowest BCUT2D eigenvalue weighted by Crippen LogP contribution is -2.51. The number of nitrogens with one attached hydrogen (secondary N) is 2. The van der Waals surface area contributed by atoms with Crippen LogP contribution in [0.3, 0.4) is 0 Å². The minimum Gasteiger partial charge on any atom is -0.497 e. The number of carbonyl (C=O) groups excluding carboxylic acids is 2. The van der Waals surface area contributed by atoms with Crippen LogP contribution in [-0.4, -0.2) is 84.0 Å². The van der Waals surface area contributed by atoms with Gasteiger partial charge in [-0.05, 0) is 49.6 Å². The van der Waals surface area contributed by atoms with E-state index in [-0.39, 0.29) is 24.4 Å². The number of aromatic nitrogens is 2. The van der Waals surface area contributed by atoms with Gasteiger partial charge in [-0.1, -0.05) is 13.0 Å². The third-order valence-electron chi connectivity index (χ3n) is 6.40. The first-order valence-electron chi connectivity index (χ1n) is 12.8. The second-order valence-corrected chi connectivity index (χ2v) is 9.65. The van der Waals surface area contributed by atoms with Crippen LogP contribution in [0, 0.1) is 0 Å². The number of benzene rings is 2. The van der Waals surface area contributed by atoms with E-state index in [1.165, 1.54) is 0 Å². The fourth-order valence-corrected chi connectivity index (χ4v) is 4.51. The Morgan fingerprint density at radius 2 is 1.70 bits per heavy atom. The van der Waals surface area contributed by atoms with Gasteiger partial charge in [0, 0.05) is 61.5 Å². The molecule has 0 spiro atoms. The molecule has 0 radical (unpaired) electrons. The average molecular weight is 505 g/mol. The lowest BCUT2D eigenvalue weighted by molar-refractivity contribution is -0.124. The van der Waals surface area contributed by atoms with Gasteiger partial charge < -0.3 is 15.4 Å². The molecule has 1 aliphatic rings. The van der Waals surface area contributed by atoms with Crippen LogP contribution in [0.1, 0.15) is 26.6 Å².